The summed E-state index contributed by atoms with van der Waals surface area (Å²) in [6.07, 6.45) is 0. The lowest BCUT2D eigenvalue weighted by Crippen LogP contribution is -2.14. The highest BCUT2D eigenvalue weighted by Gasteiger charge is 2.12. The summed E-state index contributed by atoms with van der Waals surface area (Å²) in [7, 11) is 1.98. The van der Waals surface area contributed by atoms with E-state index in [0.717, 1.165) is 12.2 Å². The first-order chi connectivity index (χ1) is 8.61. The smallest absolute Gasteiger partial charge is 0.0973 e. The van der Waals surface area contributed by atoms with E-state index in [-0.39, 0.29) is 0 Å². The molecule has 0 bridgehead atoms. The molecular weight excluding hydrogens is 240 g/mol. The minimum Gasteiger partial charge on any atom is -0.319 e. The Morgan fingerprint density at radius 2 is 2.11 bits per heavy atom. The van der Waals surface area contributed by atoms with Crippen LogP contribution in [0.15, 0.2) is 23.6 Å². The highest BCUT2D eigenvalue weighted by Crippen LogP contribution is 2.28. The monoisotopic (exact) mass is 260 g/mol. The average Bonchev–Trinajstić information content (AvgIpc) is 2.82. The second kappa shape index (κ2) is 5.63. The van der Waals surface area contributed by atoms with Crippen LogP contribution in [0.5, 0.6) is 0 Å². The van der Waals surface area contributed by atoms with Crippen molar-refractivity contribution in [2.45, 2.75) is 26.7 Å². The van der Waals surface area contributed by atoms with Crippen molar-refractivity contribution in [2.75, 3.05) is 13.6 Å². The van der Waals surface area contributed by atoms with Crippen LogP contribution in [0.3, 0.4) is 0 Å². The molecule has 0 aliphatic carbocycles. The van der Waals surface area contributed by atoms with Crippen LogP contribution in [-0.2, 0) is 0 Å². The largest absolute Gasteiger partial charge is 0.319 e. The van der Waals surface area contributed by atoms with Crippen molar-refractivity contribution in [3.05, 3.63) is 39.7 Å². The van der Waals surface area contributed by atoms with E-state index in [1.165, 1.54) is 21.7 Å². The highest BCUT2D eigenvalue weighted by molar-refractivity contribution is 7.10. The molecule has 2 rings (SSSR count). The summed E-state index contributed by atoms with van der Waals surface area (Å²) in [5.41, 5.74) is 4.94. The number of thiazole rings is 1. The molecule has 0 fully saturated rings. The normalized spacial score (nSPS) is 12.7. The fourth-order valence-electron chi connectivity index (χ4n) is 2.04. The SMILES string of the molecule is CNCC(C)c1nc(-c2cc(C)ccc2C)cs1. The van der Waals surface area contributed by atoms with Gasteiger partial charge in [0.05, 0.1) is 10.7 Å². The Labute approximate surface area is 113 Å². The molecule has 18 heavy (non-hydrogen) atoms. The van der Waals surface area contributed by atoms with Crippen LogP contribution in [0.2, 0.25) is 0 Å². The standard InChI is InChI=1S/C15H20N2S/c1-10-5-6-11(2)13(7-10)14-9-18-15(17-14)12(3)8-16-4/h5-7,9,12,16H,8H2,1-4H3. The van der Waals surface area contributed by atoms with Crippen LogP contribution in [0.25, 0.3) is 11.3 Å². The number of nitrogens with one attached hydrogen (secondary N) is 1. The van der Waals surface area contributed by atoms with Gasteiger partial charge in [-0.05, 0) is 32.5 Å². The maximum absolute atomic E-state index is 4.78. The van der Waals surface area contributed by atoms with E-state index >= 15 is 0 Å². The predicted molar refractivity (Wildman–Crippen MR) is 79.4 cm³/mol. The van der Waals surface area contributed by atoms with E-state index in [1.54, 1.807) is 11.3 Å². The third kappa shape index (κ3) is 2.79. The van der Waals surface area contributed by atoms with Gasteiger partial charge in [0, 0.05) is 23.4 Å². The van der Waals surface area contributed by atoms with Gasteiger partial charge in [-0.15, -0.1) is 11.3 Å². The molecule has 0 spiro atoms. The van der Waals surface area contributed by atoms with Crippen LogP contribution < -0.4 is 5.32 Å². The molecule has 1 aromatic carbocycles. The summed E-state index contributed by atoms with van der Waals surface area (Å²) in [4.78, 5) is 4.78. The van der Waals surface area contributed by atoms with Crippen molar-refractivity contribution >= 4 is 11.3 Å². The molecule has 0 aliphatic heterocycles. The zero-order valence-electron chi connectivity index (χ0n) is 11.4. The van der Waals surface area contributed by atoms with Gasteiger partial charge in [0.25, 0.3) is 0 Å². The summed E-state index contributed by atoms with van der Waals surface area (Å²) in [5.74, 6) is 0.471. The Hall–Kier alpha value is -1.19. The minimum absolute atomic E-state index is 0.471. The Kier molecular flexibility index (Phi) is 4.15. The van der Waals surface area contributed by atoms with E-state index in [0.29, 0.717) is 5.92 Å². The molecule has 1 N–H and O–H groups in total. The molecule has 0 saturated heterocycles. The Balaban J connectivity index is 2.32. The first-order valence-corrected chi connectivity index (χ1v) is 7.17. The zero-order chi connectivity index (χ0) is 13.1. The fourth-order valence-corrected chi connectivity index (χ4v) is 2.92. The van der Waals surface area contributed by atoms with Gasteiger partial charge in [0.1, 0.15) is 0 Å². The number of nitrogens with zero attached hydrogens (tertiary/aromatic N) is 1. The second-order valence-electron chi connectivity index (χ2n) is 4.85. The third-order valence-corrected chi connectivity index (χ3v) is 4.20. The summed E-state index contributed by atoms with van der Waals surface area (Å²) < 4.78 is 0. The van der Waals surface area contributed by atoms with Crippen LogP contribution >= 0.6 is 11.3 Å². The Morgan fingerprint density at radius 3 is 2.83 bits per heavy atom. The van der Waals surface area contributed by atoms with Gasteiger partial charge in [-0.3, -0.25) is 0 Å². The van der Waals surface area contributed by atoms with Gasteiger partial charge in [-0.2, -0.15) is 0 Å². The van der Waals surface area contributed by atoms with Crippen molar-refractivity contribution in [2.24, 2.45) is 0 Å². The zero-order valence-corrected chi connectivity index (χ0v) is 12.3. The third-order valence-electron chi connectivity index (χ3n) is 3.12. The molecule has 1 aromatic heterocycles. The Bertz CT molecular complexity index is 531. The summed E-state index contributed by atoms with van der Waals surface area (Å²) in [6.45, 7) is 7.45. The van der Waals surface area contributed by atoms with Crippen molar-refractivity contribution in [3.8, 4) is 11.3 Å². The van der Waals surface area contributed by atoms with Crippen molar-refractivity contribution in [1.29, 1.82) is 0 Å². The van der Waals surface area contributed by atoms with Crippen molar-refractivity contribution < 1.29 is 0 Å². The number of aromatic nitrogens is 1. The van der Waals surface area contributed by atoms with Gasteiger partial charge >= 0.3 is 0 Å². The molecule has 3 heteroatoms. The van der Waals surface area contributed by atoms with Crippen LogP contribution in [0.1, 0.15) is 29.0 Å². The number of aryl methyl sites for hydroxylation is 2. The number of likely N-dealkylation sites (N-methyl/N-ethyl adjacent to an activating group) is 1. The molecule has 2 nitrogen and oxygen atoms in total. The lowest BCUT2D eigenvalue weighted by Gasteiger charge is -2.07. The minimum atomic E-state index is 0.471. The number of hydrogen-bond acceptors (Lipinski definition) is 3. The number of rotatable bonds is 4. The molecule has 1 heterocycles. The maximum atomic E-state index is 4.78. The van der Waals surface area contributed by atoms with Gasteiger partial charge < -0.3 is 5.32 Å². The molecule has 0 saturated carbocycles. The van der Waals surface area contributed by atoms with Crippen LogP contribution in [0, 0.1) is 13.8 Å². The van der Waals surface area contributed by atoms with Crippen molar-refractivity contribution in [3.63, 3.8) is 0 Å². The van der Waals surface area contributed by atoms with Gasteiger partial charge in [0.15, 0.2) is 0 Å². The molecule has 1 unspecified atom stereocenters. The highest BCUT2D eigenvalue weighted by atomic mass is 32.1. The van der Waals surface area contributed by atoms with E-state index < -0.39 is 0 Å². The summed E-state index contributed by atoms with van der Waals surface area (Å²) in [6, 6.07) is 6.54. The predicted octanol–water partition coefficient (Wildman–Crippen LogP) is 3.75. The summed E-state index contributed by atoms with van der Waals surface area (Å²) in [5, 5.41) is 6.58. The average molecular weight is 260 g/mol. The first kappa shape index (κ1) is 13.2. The molecular formula is C15H20N2S. The Morgan fingerprint density at radius 1 is 1.33 bits per heavy atom. The van der Waals surface area contributed by atoms with Gasteiger partial charge in [-0.25, -0.2) is 4.98 Å². The topological polar surface area (TPSA) is 24.9 Å². The quantitative estimate of drug-likeness (QED) is 0.905. The molecule has 2 aromatic rings. The second-order valence-corrected chi connectivity index (χ2v) is 5.74. The lowest BCUT2D eigenvalue weighted by atomic mass is 10.0. The molecule has 96 valence electrons. The molecule has 1 atom stereocenters. The van der Waals surface area contributed by atoms with Gasteiger partial charge in [-0.1, -0.05) is 24.6 Å². The lowest BCUT2D eigenvalue weighted by molar-refractivity contribution is 0.674. The van der Waals surface area contributed by atoms with E-state index in [9.17, 15) is 0 Å². The molecule has 0 aliphatic rings. The van der Waals surface area contributed by atoms with Crippen LogP contribution in [0.4, 0.5) is 0 Å². The van der Waals surface area contributed by atoms with Gasteiger partial charge in [0.2, 0.25) is 0 Å². The number of hydrogen-bond donors (Lipinski definition) is 1. The van der Waals surface area contributed by atoms with E-state index in [2.05, 4.69) is 49.7 Å². The van der Waals surface area contributed by atoms with E-state index in [4.69, 9.17) is 4.98 Å². The first-order valence-electron chi connectivity index (χ1n) is 6.29. The van der Waals surface area contributed by atoms with E-state index in [1.807, 2.05) is 7.05 Å². The maximum Gasteiger partial charge on any atom is 0.0973 e. The molecule has 0 radical (unpaired) electrons. The molecule has 0 amide bonds. The number of benzene rings is 1. The van der Waals surface area contributed by atoms with Crippen molar-refractivity contribution in [1.82, 2.24) is 10.3 Å². The fraction of sp³-hybridized carbons (Fsp3) is 0.400. The summed E-state index contributed by atoms with van der Waals surface area (Å²) >= 11 is 1.76. The van der Waals surface area contributed by atoms with Crippen LogP contribution in [-0.4, -0.2) is 18.6 Å².